The number of nitrogens with one attached hydrogen (secondary N) is 1. The molecule has 0 atom stereocenters. The molecule has 0 amide bonds. The van der Waals surface area contributed by atoms with Crippen LogP contribution in [0.5, 0.6) is 0 Å². The molecule has 1 aliphatic rings. The molecule has 1 saturated carbocycles. The van der Waals surface area contributed by atoms with E-state index in [4.69, 9.17) is 4.98 Å². The molecule has 0 unspecified atom stereocenters. The molecule has 0 radical (unpaired) electrons. The minimum atomic E-state index is 0.0593. The first-order chi connectivity index (χ1) is 7.04. The van der Waals surface area contributed by atoms with E-state index >= 15 is 0 Å². The van der Waals surface area contributed by atoms with Gasteiger partial charge in [-0.3, -0.25) is 0 Å². The Hall–Kier alpha value is -0.410. The van der Waals surface area contributed by atoms with Crippen molar-refractivity contribution >= 4 is 11.3 Å². The van der Waals surface area contributed by atoms with Crippen LogP contribution in [-0.2, 0) is 5.54 Å². The third-order valence-corrected chi connectivity index (χ3v) is 5.10. The molecule has 2 rings (SSSR count). The van der Waals surface area contributed by atoms with Crippen molar-refractivity contribution in [3.63, 3.8) is 0 Å². The summed E-state index contributed by atoms with van der Waals surface area (Å²) < 4.78 is 0. The summed E-state index contributed by atoms with van der Waals surface area (Å²) in [6, 6.07) is 0. The zero-order chi connectivity index (χ0) is 11.1. The summed E-state index contributed by atoms with van der Waals surface area (Å²) in [5.74, 6) is 0.759. The van der Waals surface area contributed by atoms with Gasteiger partial charge in [0.25, 0.3) is 0 Å². The van der Waals surface area contributed by atoms with E-state index in [2.05, 4.69) is 26.1 Å². The Bertz CT molecular complexity index is 351. The summed E-state index contributed by atoms with van der Waals surface area (Å²) >= 11 is 1.90. The first-order valence-electron chi connectivity index (χ1n) is 5.71. The van der Waals surface area contributed by atoms with Crippen LogP contribution in [0.25, 0.3) is 0 Å². The second-order valence-electron chi connectivity index (χ2n) is 4.97. The normalized spacial score (nSPS) is 17.9. The number of hydrogen-bond donors (Lipinski definition) is 1. The molecule has 1 N–H and O–H groups in total. The first-order valence-corrected chi connectivity index (χ1v) is 6.53. The van der Waals surface area contributed by atoms with Crippen molar-refractivity contribution in [2.24, 2.45) is 0 Å². The monoisotopic (exact) mass is 224 g/mol. The van der Waals surface area contributed by atoms with E-state index in [1.807, 2.05) is 18.4 Å². The number of thiazole rings is 1. The maximum atomic E-state index is 4.73. The van der Waals surface area contributed by atoms with Crippen molar-refractivity contribution in [1.82, 2.24) is 10.3 Å². The number of aromatic nitrogens is 1. The maximum absolute atomic E-state index is 4.73. The average molecular weight is 224 g/mol. The molecule has 0 aliphatic heterocycles. The number of rotatable bonds is 3. The topological polar surface area (TPSA) is 24.9 Å². The van der Waals surface area contributed by atoms with Crippen LogP contribution in [0.1, 0.15) is 54.6 Å². The molecule has 15 heavy (non-hydrogen) atoms. The highest BCUT2D eigenvalue weighted by atomic mass is 32.1. The van der Waals surface area contributed by atoms with E-state index in [1.54, 1.807) is 0 Å². The molecule has 1 fully saturated rings. The highest BCUT2D eigenvalue weighted by molar-refractivity contribution is 7.12. The fraction of sp³-hybridized carbons (Fsp3) is 0.750. The molecule has 0 spiro atoms. The largest absolute Gasteiger partial charge is 0.310 e. The Morgan fingerprint density at radius 3 is 2.53 bits per heavy atom. The molecule has 1 aliphatic carbocycles. The predicted molar refractivity (Wildman–Crippen MR) is 65.5 cm³/mol. The summed E-state index contributed by atoms with van der Waals surface area (Å²) in [6.07, 6.45) is 4.06. The predicted octanol–water partition coefficient (Wildman–Crippen LogP) is 3.17. The van der Waals surface area contributed by atoms with Gasteiger partial charge in [0, 0.05) is 16.3 Å². The van der Waals surface area contributed by atoms with E-state index in [1.165, 1.54) is 34.8 Å². The van der Waals surface area contributed by atoms with Crippen molar-refractivity contribution in [3.8, 4) is 0 Å². The van der Waals surface area contributed by atoms with Gasteiger partial charge in [-0.25, -0.2) is 4.98 Å². The van der Waals surface area contributed by atoms with Crippen LogP contribution in [-0.4, -0.2) is 12.0 Å². The molecular formula is C12H20N2S. The van der Waals surface area contributed by atoms with E-state index in [0.717, 1.165) is 5.92 Å². The molecule has 1 aromatic rings. The van der Waals surface area contributed by atoms with E-state index in [0.29, 0.717) is 0 Å². The van der Waals surface area contributed by atoms with Crippen LogP contribution in [0.4, 0.5) is 0 Å². The van der Waals surface area contributed by atoms with Crippen molar-refractivity contribution < 1.29 is 0 Å². The lowest BCUT2D eigenvalue weighted by Crippen LogP contribution is -2.32. The summed E-state index contributed by atoms with van der Waals surface area (Å²) in [5.41, 5.74) is 1.27. The Morgan fingerprint density at radius 2 is 2.07 bits per heavy atom. The Balaban J connectivity index is 2.28. The van der Waals surface area contributed by atoms with Gasteiger partial charge in [-0.2, -0.15) is 0 Å². The third kappa shape index (κ3) is 1.95. The second kappa shape index (κ2) is 3.87. The van der Waals surface area contributed by atoms with Gasteiger partial charge in [-0.05, 0) is 40.7 Å². The zero-order valence-electron chi connectivity index (χ0n) is 10.1. The minimum absolute atomic E-state index is 0.0593. The highest BCUT2D eigenvalue weighted by Crippen LogP contribution is 2.41. The third-order valence-electron chi connectivity index (χ3n) is 3.46. The van der Waals surface area contributed by atoms with Crippen LogP contribution in [0, 0.1) is 6.92 Å². The van der Waals surface area contributed by atoms with Gasteiger partial charge in [0.15, 0.2) is 0 Å². The van der Waals surface area contributed by atoms with E-state index < -0.39 is 0 Å². The lowest BCUT2D eigenvalue weighted by molar-refractivity contribution is 0.418. The van der Waals surface area contributed by atoms with Crippen molar-refractivity contribution in [3.05, 3.63) is 15.6 Å². The van der Waals surface area contributed by atoms with Crippen LogP contribution in [0.2, 0.25) is 0 Å². The quantitative estimate of drug-likeness (QED) is 0.853. The summed E-state index contributed by atoms with van der Waals surface area (Å²) in [7, 11) is 2.02. The lowest BCUT2D eigenvalue weighted by atomic mass is 9.86. The minimum Gasteiger partial charge on any atom is -0.310 e. The Morgan fingerprint density at radius 1 is 1.40 bits per heavy atom. The average Bonchev–Trinajstić information content (AvgIpc) is 2.45. The molecule has 84 valence electrons. The number of hydrogen-bond acceptors (Lipinski definition) is 3. The Kier molecular flexibility index (Phi) is 2.86. The summed E-state index contributed by atoms with van der Waals surface area (Å²) in [5, 5.41) is 4.72. The highest BCUT2D eigenvalue weighted by Gasteiger charge is 2.28. The smallest absolute Gasteiger partial charge is 0.0962 e. The van der Waals surface area contributed by atoms with Crippen LogP contribution in [0.3, 0.4) is 0 Å². The van der Waals surface area contributed by atoms with Crippen LogP contribution in [0.15, 0.2) is 0 Å². The van der Waals surface area contributed by atoms with Crippen molar-refractivity contribution in [2.45, 2.75) is 51.5 Å². The number of nitrogens with zero attached hydrogens (tertiary/aromatic N) is 1. The molecule has 1 aromatic heterocycles. The molecule has 0 bridgehead atoms. The molecule has 1 heterocycles. The molecule has 0 saturated heterocycles. The number of aryl methyl sites for hydroxylation is 1. The molecule has 3 heteroatoms. The molecule has 2 nitrogen and oxygen atoms in total. The van der Waals surface area contributed by atoms with Crippen LogP contribution >= 0.6 is 11.3 Å². The molecule has 0 aromatic carbocycles. The van der Waals surface area contributed by atoms with Crippen LogP contribution < -0.4 is 5.32 Å². The fourth-order valence-electron chi connectivity index (χ4n) is 1.94. The van der Waals surface area contributed by atoms with Crippen molar-refractivity contribution in [2.75, 3.05) is 7.05 Å². The fourth-order valence-corrected chi connectivity index (χ4v) is 3.29. The van der Waals surface area contributed by atoms with Gasteiger partial charge < -0.3 is 5.32 Å². The van der Waals surface area contributed by atoms with Gasteiger partial charge in [-0.15, -0.1) is 11.3 Å². The summed E-state index contributed by atoms with van der Waals surface area (Å²) in [6.45, 7) is 6.57. The zero-order valence-corrected chi connectivity index (χ0v) is 10.9. The van der Waals surface area contributed by atoms with Gasteiger partial charge in [0.05, 0.1) is 10.7 Å². The lowest BCUT2D eigenvalue weighted by Gasteiger charge is -2.24. The van der Waals surface area contributed by atoms with E-state index in [-0.39, 0.29) is 5.54 Å². The summed E-state index contributed by atoms with van der Waals surface area (Å²) in [4.78, 5) is 6.12. The first kappa shape index (κ1) is 11.1. The second-order valence-corrected chi connectivity index (χ2v) is 6.00. The Labute approximate surface area is 96.1 Å². The standard InChI is InChI=1S/C12H20N2S/c1-8-10(12(2,3)13-4)15-11(14-8)9-6-5-7-9/h9,13H,5-7H2,1-4H3. The van der Waals surface area contributed by atoms with Gasteiger partial charge >= 0.3 is 0 Å². The SMILES string of the molecule is CNC(C)(C)c1sc(C2CCC2)nc1C. The van der Waals surface area contributed by atoms with Gasteiger partial charge in [0.2, 0.25) is 0 Å². The van der Waals surface area contributed by atoms with Gasteiger partial charge in [0.1, 0.15) is 0 Å². The van der Waals surface area contributed by atoms with Gasteiger partial charge in [-0.1, -0.05) is 6.42 Å². The molecular weight excluding hydrogens is 204 g/mol. The maximum Gasteiger partial charge on any atom is 0.0962 e. The van der Waals surface area contributed by atoms with Crippen molar-refractivity contribution in [1.29, 1.82) is 0 Å². The van der Waals surface area contributed by atoms with E-state index in [9.17, 15) is 0 Å².